The minimum Gasteiger partial charge on any atom is -0.490 e. The number of carbonyl (C=O) groups is 1. The molecule has 2 heterocycles. The number of amides is 1. The third kappa shape index (κ3) is 5.38. The molecule has 0 spiro atoms. The van der Waals surface area contributed by atoms with Gasteiger partial charge >= 0.3 is 6.09 Å². The average molecular weight is 407 g/mol. The maximum absolute atomic E-state index is 12.2. The van der Waals surface area contributed by atoms with Gasteiger partial charge in [0.2, 0.25) is 0 Å². The number of aromatic nitrogens is 1. The molecule has 1 unspecified atom stereocenters. The Kier molecular flexibility index (Phi) is 6.13. The van der Waals surface area contributed by atoms with Gasteiger partial charge in [0.1, 0.15) is 16.5 Å². The van der Waals surface area contributed by atoms with Gasteiger partial charge in [0.05, 0.1) is 18.7 Å². The Bertz CT molecular complexity index is 784. The summed E-state index contributed by atoms with van der Waals surface area (Å²) in [5, 5.41) is 0.371. The second kappa shape index (κ2) is 8.39. The van der Waals surface area contributed by atoms with Gasteiger partial charge in [0.25, 0.3) is 0 Å². The van der Waals surface area contributed by atoms with E-state index in [1.807, 2.05) is 20.8 Å². The van der Waals surface area contributed by atoms with Crippen molar-refractivity contribution in [3.05, 3.63) is 29.2 Å². The first-order valence-corrected chi connectivity index (χ1v) is 9.88. The molecule has 1 aromatic heterocycles. The number of carbonyl (C=O) groups excluding carboxylic acids is 1. The van der Waals surface area contributed by atoms with Crippen LogP contribution in [0.4, 0.5) is 4.79 Å². The van der Waals surface area contributed by atoms with E-state index in [2.05, 4.69) is 9.98 Å². The van der Waals surface area contributed by atoms with Crippen LogP contribution in [0.25, 0.3) is 5.57 Å². The summed E-state index contributed by atoms with van der Waals surface area (Å²) in [7, 11) is 0. The Morgan fingerprint density at radius 3 is 2.75 bits per heavy atom. The molecular formula is C20H27ClN4O3. The molecule has 3 rings (SSSR count). The van der Waals surface area contributed by atoms with Crippen LogP contribution in [0.3, 0.4) is 0 Å². The quantitative estimate of drug-likeness (QED) is 0.575. The summed E-state index contributed by atoms with van der Waals surface area (Å²) >= 11 is 6.01. The summed E-state index contributed by atoms with van der Waals surface area (Å²) in [5.41, 5.74) is 6.76. The number of allylic oxidation sites excluding steroid dienone is 1. The number of halogens is 1. The van der Waals surface area contributed by atoms with Gasteiger partial charge in [-0.2, -0.15) is 0 Å². The molecule has 1 amide bonds. The van der Waals surface area contributed by atoms with Gasteiger partial charge in [-0.1, -0.05) is 11.6 Å². The van der Waals surface area contributed by atoms with Crippen molar-refractivity contribution in [3.63, 3.8) is 0 Å². The molecule has 7 nitrogen and oxygen atoms in total. The number of likely N-dealkylation sites (tertiary alicyclic amines) is 1. The van der Waals surface area contributed by atoms with Crippen molar-refractivity contribution in [2.24, 2.45) is 10.7 Å². The van der Waals surface area contributed by atoms with Crippen LogP contribution < -0.4 is 10.5 Å². The smallest absolute Gasteiger partial charge is 0.410 e. The second-order valence-corrected chi connectivity index (χ2v) is 8.44. The molecule has 1 aromatic rings. The van der Waals surface area contributed by atoms with Gasteiger partial charge in [-0.25, -0.2) is 9.78 Å². The van der Waals surface area contributed by atoms with Crippen molar-refractivity contribution in [3.8, 4) is 5.75 Å². The third-order valence-corrected chi connectivity index (χ3v) is 4.67. The summed E-state index contributed by atoms with van der Waals surface area (Å²) < 4.78 is 11.3. The number of hydrogen-bond acceptors (Lipinski definition) is 6. The van der Waals surface area contributed by atoms with Crippen molar-refractivity contribution in [2.45, 2.75) is 57.8 Å². The van der Waals surface area contributed by atoms with Crippen LogP contribution in [0.5, 0.6) is 5.75 Å². The average Bonchev–Trinajstić information content (AvgIpc) is 3.37. The summed E-state index contributed by atoms with van der Waals surface area (Å²) in [4.78, 5) is 22.5. The topological polar surface area (TPSA) is 90.0 Å². The number of nitrogens with zero attached hydrogens (tertiary/aromatic N) is 3. The fourth-order valence-electron chi connectivity index (χ4n) is 2.76. The van der Waals surface area contributed by atoms with E-state index in [9.17, 15) is 4.79 Å². The summed E-state index contributed by atoms with van der Waals surface area (Å²) in [6.07, 6.45) is 7.71. The summed E-state index contributed by atoms with van der Waals surface area (Å²) in [6.45, 7) is 6.75. The maximum atomic E-state index is 12.2. The highest BCUT2D eigenvalue weighted by Gasteiger charge is 2.34. The molecular weight excluding hydrogens is 380 g/mol. The molecule has 1 aliphatic heterocycles. The normalized spacial score (nSPS) is 20.2. The predicted octanol–water partition coefficient (Wildman–Crippen LogP) is 3.66. The molecule has 2 N–H and O–H groups in total. The third-order valence-electron chi connectivity index (χ3n) is 4.46. The van der Waals surface area contributed by atoms with Crippen molar-refractivity contribution >= 4 is 29.5 Å². The first-order valence-electron chi connectivity index (χ1n) is 9.51. The number of aliphatic imine (C=N–C) groups is 1. The lowest BCUT2D eigenvalue weighted by Gasteiger charge is -2.40. The van der Waals surface area contributed by atoms with Crippen LogP contribution in [0.2, 0.25) is 5.15 Å². The Balaban J connectivity index is 1.62. The molecule has 152 valence electrons. The number of pyridine rings is 1. The van der Waals surface area contributed by atoms with Gasteiger partial charge in [-0.3, -0.25) is 4.99 Å². The molecule has 1 saturated heterocycles. The maximum Gasteiger partial charge on any atom is 0.410 e. The molecule has 1 saturated carbocycles. The van der Waals surface area contributed by atoms with E-state index in [-0.39, 0.29) is 18.2 Å². The first kappa shape index (κ1) is 20.5. The first-order chi connectivity index (χ1) is 13.3. The molecule has 1 aliphatic carbocycles. The fourth-order valence-corrected chi connectivity index (χ4v) is 2.91. The molecule has 0 aromatic carbocycles. The molecule has 2 fully saturated rings. The number of hydrogen-bond donors (Lipinski definition) is 1. The predicted molar refractivity (Wildman–Crippen MR) is 110 cm³/mol. The molecule has 2 aliphatic rings. The van der Waals surface area contributed by atoms with E-state index in [0.29, 0.717) is 29.6 Å². The van der Waals surface area contributed by atoms with Crippen LogP contribution in [0.1, 0.15) is 45.6 Å². The van der Waals surface area contributed by atoms with E-state index >= 15 is 0 Å². The van der Waals surface area contributed by atoms with Gasteiger partial charge in [-0.05, 0) is 40.0 Å². The Morgan fingerprint density at radius 2 is 2.18 bits per heavy atom. The van der Waals surface area contributed by atoms with Crippen LogP contribution in [0.15, 0.2) is 23.5 Å². The minimum absolute atomic E-state index is 0.0376. The van der Waals surface area contributed by atoms with Crippen LogP contribution in [0, 0.1) is 0 Å². The lowest BCUT2D eigenvalue weighted by molar-refractivity contribution is -0.00334. The number of rotatable bonds is 6. The number of ether oxygens (including phenoxy) is 2. The van der Waals surface area contributed by atoms with Gasteiger partial charge in [-0.15, -0.1) is 0 Å². The van der Waals surface area contributed by atoms with E-state index in [1.54, 1.807) is 23.4 Å². The lowest BCUT2D eigenvalue weighted by atomic mass is 10.0. The Labute approximate surface area is 170 Å². The van der Waals surface area contributed by atoms with Gasteiger partial charge in [0.15, 0.2) is 0 Å². The SMILES string of the molecule is CC(C)(C)OC(=O)N1CCC1CN=C/C(=C\N)c1cnc(Cl)cc1OC1CC1. The standard InChI is InChI=1S/C20H27ClN4O3/c1-20(2,3)28-19(26)25-7-6-14(25)11-23-10-13(9-22)16-12-24-18(21)8-17(16)27-15-4-5-15/h8-10,12,14-15H,4-7,11,22H2,1-3H3/b13-9+,23-10?. The van der Waals surface area contributed by atoms with E-state index in [4.69, 9.17) is 26.8 Å². The van der Waals surface area contributed by atoms with Crippen molar-refractivity contribution in [1.82, 2.24) is 9.88 Å². The lowest BCUT2D eigenvalue weighted by Crippen LogP contribution is -2.54. The largest absolute Gasteiger partial charge is 0.490 e. The molecule has 1 atom stereocenters. The Morgan fingerprint density at radius 1 is 1.43 bits per heavy atom. The van der Waals surface area contributed by atoms with E-state index in [0.717, 1.165) is 24.8 Å². The summed E-state index contributed by atoms with van der Waals surface area (Å²) in [5.74, 6) is 0.657. The molecule has 0 bridgehead atoms. The van der Waals surface area contributed by atoms with Crippen molar-refractivity contribution in [1.29, 1.82) is 0 Å². The fraction of sp³-hybridized carbons (Fsp3) is 0.550. The highest BCUT2D eigenvalue weighted by atomic mass is 35.5. The van der Waals surface area contributed by atoms with Gasteiger partial charge < -0.3 is 20.1 Å². The molecule has 8 heteroatoms. The highest BCUT2D eigenvalue weighted by molar-refractivity contribution is 6.29. The van der Waals surface area contributed by atoms with Crippen molar-refractivity contribution < 1.29 is 14.3 Å². The zero-order valence-electron chi connectivity index (χ0n) is 16.5. The van der Waals surface area contributed by atoms with E-state index in [1.165, 1.54) is 6.20 Å². The monoisotopic (exact) mass is 406 g/mol. The number of nitrogens with two attached hydrogens (primary N) is 1. The van der Waals surface area contributed by atoms with Crippen LogP contribution in [-0.2, 0) is 4.74 Å². The van der Waals surface area contributed by atoms with Crippen molar-refractivity contribution in [2.75, 3.05) is 13.1 Å². The summed E-state index contributed by atoms with van der Waals surface area (Å²) in [6, 6.07) is 1.73. The molecule has 0 radical (unpaired) electrons. The van der Waals surface area contributed by atoms with Gasteiger partial charge in [0, 0.05) is 42.4 Å². The second-order valence-electron chi connectivity index (χ2n) is 8.05. The molecule has 28 heavy (non-hydrogen) atoms. The van der Waals surface area contributed by atoms with Crippen LogP contribution in [-0.4, -0.2) is 53.0 Å². The Hall–Kier alpha value is -2.28. The van der Waals surface area contributed by atoms with Crippen LogP contribution >= 0.6 is 11.6 Å². The highest BCUT2D eigenvalue weighted by Crippen LogP contribution is 2.33. The van der Waals surface area contributed by atoms with E-state index < -0.39 is 5.60 Å². The zero-order valence-corrected chi connectivity index (χ0v) is 17.3. The zero-order chi connectivity index (χ0) is 20.3. The minimum atomic E-state index is -0.504.